The molecule has 0 aliphatic carbocycles. The Morgan fingerprint density at radius 2 is 1.04 bits per heavy atom. The number of nitrogens with zero attached hydrogens (tertiary/aromatic N) is 1. The van der Waals surface area contributed by atoms with Crippen molar-refractivity contribution in [3.05, 3.63) is 115 Å². The Bertz CT molecular complexity index is 765. The van der Waals surface area contributed by atoms with Gasteiger partial charge in [-0.05, 0) is 11.4 Å². The minimum atomic E-state index is 0. The number of hydrogen-bond donors (Lipinski definition) is 0. The van der Waals surface area contributed by atoms with E-state index in [2.05, 4.69) is 23.2 Å². The smallest absolute Gasteiger partial charge is 0.345 e. The van der Waals surface area contributed by atoms with Crippen LogP contribution >= 0.6 is 0 Å². The van der Waals surface area contributed by atoms with Crippen molar-refractivity contribution in [1.82, 2.24) is 4.98 Å². The zero-order valence-electron chi connectivity index (χ0n) is 13.5. The van der Waals surface area contributed by atoms with Crippen LogP contribution < -0.4 is 0 Å². The van der Waals surface area contributed by atoms with E-state index in [0.29, 0.717) is 0 Å². The van der Waals surface area contributed by atoms with Gasteiger partial charge in [0.2, 0.25) is 0 Å². The molecule has 1 radical (unpaired) electrons. The molecule has 0 atom stereocenters. The molecule has 4 aromatic rings. The molecular formula is C23H16NNi. The number of hydrogen-bond acceptors (Lipinski definition) is 1. The largest absolute Gasteiger partial charge is 3.00 e. The van der Waals surface area contributed by atoms with E-state index >= 15 is 0 Å². The van der Waals surface area contributed by atoms with Gasteiger partial charge in [-0.3, -0.25) is 0 Å². The van der Waals surface area contributed by atoms with Crippen LogP contribution in [0, 0.1) is 18.2 Å². The molecule has 0 N–H and O–H groups in total. The van der Waals surface area contributed by atoms with Gasteiger partial charge in [-0.1, -0.05) is 18.2 Å². The minimum Gasteiger partial charge on any atom is -0.345 e. The first-order chi connectivity index (χ1) is 11.9. The van der Waals surface area contributed by atoms with Crippen molar-refractivity contribution >= 4 is 0 Å². The maximum absolute atomic E-state index is 4.65. The van der Waals surface area contributed by atoms with Crippen molar-refractivity contribution in [2.45, 2.75) is 0 Å². The van der Waals surface area contributed by atoms with Crippen molar-refractivity contribution < 1.29 is 16.5 Å². The number of aromatic nitrogens is 1. The summed E-state index contributed by atoms with van der Waals surface area (Å²) in [6.07, 6.45) is 0. The van der Waals surface area contributed by atoms with Crippen LogP contribution in [0.4, 0.5) is 0 Å². The summed E-state index contributed by atoms with van der Waals surface area (Å²) in [5.74, 6) is 0. The molecule has 0 aliphatic rings. The van der Waals surface area contributed by atoms with Gasteiger partial charge in [0.15, 0.2) is 0 Å². The predicted octanol–water partition coefficient (Wildman–Crippen LogP) is 5.50. The van der Waals surface area contributed by atoms with E-state index in [9.17, 15) is 0 Å². The molecule has 0 unspecified atom stereocenters. The van der Waals surface area contributed by atoms with Gasteiger partial charge in [0.05, 0.1) is 0 Å². The van der Waals surface area contributed by atoms with Gasteiger partial charge in [-0.2, -0.15) is 36.4 Å². The van der Waals surface area contributed by atoms with E-state index in [1.54, 1.807) is 0 Å². The third kappa shape index (κ3) is 5.70. The van der Waals surface area contributed by atoms with Crippen molar-refractivity contribution in [1.29, 1.82) is 0 Å². The van der Waals surface area contributed by atoms with Gasteiger partial charge >= 0.3 is 16.5 Å². The van der Waals surface area contributed by atoms with Gasteiger partial charge in [0, 0.05) is 0 Å². The molecule has 2 heteroatoms. The number of rotatable bonds is 2. The van der Waals surface area contributed by atoms with Gasteiger partial charge < -0.3 is 4.98 Å². The maximum Gasteiger partial charge on any atom is 3.00 e. The first kappa shape index (κ1) is 18.6. The van der Waals surface area contributed by atoms with Crippen molar-refractivity contribution in [2.24, 2.45) is 0 Å². The molecule has 0 fully saturated rings. The molecule has 25 heavy (non-hydrogen) atoms. The molecular weight excluding hydrogens is 349 g/mol. The van der Waals surface area contributed by atoms with E-state index in [4.69, 9.17) is 0 Å². The SMILES string of the molecule is [Ni+3].[c-]1ccccc1.[c-]1ccccc1-c1cccc(-c2[c-]cccc2)n1. The summed E-state index contributed by atoms with van der Waals surface area (Å²) in [5, 5.41) is 0. The third-order valence-corrected chi connectivity index (χ3v) is 3.33. The Morgan fingerprint density at radius 1 is 0.520 bits per heavy atom. The summed E-state index contributed by atoms with van der Waals surface area (Å²) in [5.41, 5.74) is 3.89. The zero-order valence-corrected chi connectivity index (χ0v) is 14.5. The molecule has 1 heterocycles. The average molecular weight is 365 g/mol. The second-order valence-electron chi connectivity index (χ2n) is 5.04. The second kappa shape index (κ2) is 10.2. The monoisotopic (exact) mass is 364 g/mol. The fraction of sp³-hybridized carbons (Fsp3) is 0. The average Bonchev–Trinajstić information content (AvgIpc) is 2.71. The minimum absolute atomic E-state index is 0. The Kier molecular flexibility index (Phi) is 7.63. The van der Waals surface area contributed by atoms with E-state index in [1.807, 2.05) is 97.1 Å². The summed E-state index contributed by atoms with van der Waals surface area (Å²) < 4.78 is 0. The van der Waals surface area contributed by atoms with Crippen molar-refractivity contribution in [3.63, 3.8) is 0 Å². The van der Waals surface area contributed by atoms with Gasteiger partial charge in [-0.25, -0.2) is 0 Å². The van der Waals surface area contributed by atoms with Crippen LogP contribution in [0.3, 0.4) is 0 Å². The van der Waals surface area contributed by atoms with Crippen LogP contribution in [-0.4, -0.2) is 4.98 Å². The quantitative estimate of drug-likeness (QED) is 0.338. The molecule has 123 valence electrons. The normalized spacial score (nSPS) is 9.28. The fourth-order valence-electron chi connectivity index (χ4n) is 2.18. The maximum atomic E-state index is 4.65. The predicted molar refractivity (Wildman–Crippen MR) is 98.1 cm³/mol. The van der Waals surface area contributed by atoms with Crippen LogP contribution in [0.5, 0.6) is 0 Å². The van der Waals surface area contributed by atoms with Gasteiger partial charge in [-0.15, -0.1) is 71.8 Å². The van der Waals surface area contributed by atoms with Crippen molar-refractivity contribution in [3.8, 4) is 22.5 Å². The Balaban J connectivity index is 0.000000275. The molecule has 1 nitrogen and oxygen atoms in total. The molecule has 1 aromatic heterocycles. The van der Waals surface area contributed by atoms with E-state index in [-0.39, 0.29) is 16.5 Å². The number of benzene rings is 3. The molecule has 3 aromatic carbocycles. The molecule has 0 aliphatic heterocycles. The molecule has 0 bridgehead atoms. The summed E-state index contributed by atoms with van der Waals surface area (Å²) >= 11 is 0. The summed E-state index contributed by atoms with van der Waals surface area (Å²) in [6.45, 7) is 0. The number of pyridine rings is 1. The van der Waals surface area contributed by atoms with Crippen LogP contribution in [0.15, 0.2) is 97.1 Å². The summed E-state index contributed by atoms with van der Waals surface area (Å²) in [7, 11) is 0. The van der Waals surface area contributed by atoms with Crippen LogP contribution in [0.25, 0.3) is 22.5 Å². The topological polar surface area (TPSA) is 12.9 Å². The molecule has 0 saturated heterocycles. The van der Waals surface area contributed by atoms with Gasteiger partial charge in [0.1, 0.15) is 0 Å². The fourth-order valence-corrected chi connectivity index (χ4v) is 2.18. The summed E-state index contributed by atoms with van der Waals surface area (Å²) in [6, 6.07) is 40.6. The molecule has 4 rings (SSSR count). The van der Waals surface area contributed by atoms with Crippen LogP contribution in [-0.2, 0) is 16.5 Å². The Morgan fingerprint density at radius 3 is 1.40 bits per heavy atom. The second-order valence-corrected chi connectivity index (χ2v) is 5.04. The molecule has 0 saturated carbocycles. The third-order valence-electron chi connectivity index (χ3n) is 3.33. The van der Waals surface area contributed by atoms with E-state index in [0.717, 1.165) is 22.5 Å². The zero-order chi connectivity index (χ0) is 16.5. The van der Waals surface area contributed by atoms with Gasteiger partial charge in [0.25, 0.3) is 0 Å². The first-order valence-corrected chi connectivity index (χ1v) is 7.76. The standard InChI is InChI=1S/C17H11N.C6H5.Ni/c1-3-8-14(9-4-1)16-12-7-13-17(18-16)15-10-5-2-6-11-15;1-2-4-6-5-3-1;/h1-8,10,12-13H;1-5H;/q-2;-1;+3. The van der Waals surface area contributed by atoms with Crippen LogP contribution in [0.2, 0.25) is 0 Å². The first-order valence-electron chi connectivity index (χ1n) is 7.76. The Labute approximate surface area is 159 Å². The van der Waals surface area contributed by atoms with Crippen LogP contribution in [0.1, 0.15) is 0 Å². The summed E-state index contributed by atoms with van der Waals surface area (Å²) in [4.78, 5) is 4.65. The van der Waals surface area contributed by atoms with E-state index < -0.39 is 0 Å². The van der Waals surface area contributed by atoms with Crippen molar-refractivity contribution in [2.75, 3.05) is 0 Å². The molecule has 0 amide bonds. The van der Waals surface area contributed by atoms with E-state index in [1.165, 1.54) is 0 Å². The molecule has 0 spiro atoms. The Hall–Kier alpha value is -2.70.